The van der Waals surface area contributed by atoms with Crippen LogP contribution in [0.5, 0.6) is 5.88 Å². The first-order valence-electron chi connectivity index (χ1n) is 4.37. The van der Waals surface area contributed by atoms with E-state index in [0.29, 0.717) is 5.88 Å². The molecule has 0 bridgehead atoms. The van der Waals surface area contributed by atoms with Crippen LogP contribution < -0.4 is 10.1 Å². The minimum Gasteiger partial charge on any atom is -0.481 e. The molecule has 1 unspecified atom stereocenters. The minimum absolute atomic E-state index is 0.0481. The quantitative estimate of drug-likeness (QED) is 0.733. The van der Waals surface area contributed by atoms with Crippen molar-refractivity contribution in [2.24, 2.45) is 0 Å². The molecular weight excluding hydrogens is 178 g/mol. The smallest absolute Gasteiger partial charge is 0.216 e. The van der Waals surface area contributed by atoms with Crippen LogP contribution in [0.4, 0.5) is 0 Å². The van der Waals surface area contributed by atoms with Crippen LogP contribution in [0, 0.1) is 0 Å². The number of methoxy groups -OCH3 is 1. The molecule has 0 spiro atoms. The van der Waals surface area contributed by atoms with Gasteiger partial charge in [-0.15, -0.1) is 0 Å². The molecule has 0 saturated carbocycles. The standard InChI is InChI=1S/C10H15N3O/c1-7(2)10(11-3)8-5-9(14-4)13-6-12-8/h5-6,10-11H,1H2,2-4H3. The highest BCUT2D eigenvalue weighted by atomic mass is 16.5. The molecule has 1 heterocycles. The molecule has 1 aromatic rings. The molecule has 0 radical (unpaired) electrons. The number of aromatic nitrogens is 2. The zero-order valence-corrected chi connectivity index (χ0v) is 8.74. The van der Waals surface area contributed by atoms with E-state index in [4.69, 9.17) is 4.74 Å². The molecule has 1 N–H and O–H groups in total. The van der Waals surface area contributed by atoms with Crippen molar-refractivity contribution in [1.29, 1.82) is 0 Å². The second-order valence-corrected chi connectivity index (χ2v) is 3.05. The van der Waals surface area contributed by atoms with Gasteiger partial charge in [0, 0.05) is 6.07 Å². The number of likely N-dealkylation sites (N-methyl/N-ethyl adjacent to an activating group) is 1. The van der Waals surface area contributed by atoms with Crippen LogP contribution in [0.15, 0.2) is 24.5 Å². The summed E-state index contributed by atoms with van der Waals surface area (Å²) in [6.45, 7) is 5.85. The maximum Gasteiger partial charge on any atom is 0.216 e. The summed E-state index contributed by atoms with van der Waals surface area (Å²) in [4.78, 5) is 8.11. The fourth-order valence-electron chi connectivity index (χ4n) is 1.27. The summed E-state index contributed by atoms with van der Waals surface area (Å²) in [6, 6.07) is 1.85. The van der Waals surface area contributed by atoms with Gasteiger partial charge in [-0.05, 0) is 14.0 Å². The van der Waals surface area contributed by atoms with Gasteiger partial charge in [-0.25, -0.2) is 9.97 Å². The van der Waals surface area contributed by atoms with Gasteiger partial charge < -0.3 is 10.1 Å². The fraction of sp³-hybridized carbons (Fsp3) is 0.400. The van der Waals surface area contributed by atoms with Gasteiger partial charge in [0.1, 0.15) is 6.33 Å². The van der Waals surface area contributed by atoms with Crippen molar-refractivity contribution in [3.8, 4) is 5.88 Å². The summed E-state index contributed by atoms with van der Waals surface area (Å²) >= 11 is 0. The molecule has 4 nitrogen and oxygen atoms in total. The Kier molecular flexibility index (Phi) is 3.59. The summed E-state index contributed by atoms with van der Waals surface area (Å²) in [6.07, 6.45) is 1.49. The van der Waals surface area contributed by atoms with Crippen LogP contribution in [0.2, 0.25) is 0 Å². The van der Waals surface area contributed by atoms with Gasteiger partial charge in [-0.2, -0.15) is 0 Å². The largest absolute Gasteiger partial charge is 0.481 e. The molecule has 1 atom stereocenters. The third-order valence-electron chi connectivity index (χ3n) is 1.95. The lowest BCUT2D eigenvalue weighted by Crippen LogP contribution is -2.18. The summed E-state index contributed by atoms with van der Waals surface area (Å²) in [7, 11) is 3.45. The number of ether oxygens (including phenoxy) is 1. The Morgan fingerprint density at radius 2 is 2.29 bits per heavy atom. The average molecular weight is 193 g/mol. The molecule has 14 heavy (non-hydrogen) atoms. The highest BCUT2D eigenvalue weighted by Crippen LogP contribution is 2.19. The molecule has 76 valence electrons. The molecule has 0 saturated heterocycles. The normalized spacial score (nSPS) is 12.2. The van der Waals surface area contributed by atoms with E-state index in [0.717, 1.165) is 11.3 Å². The Balaban J connectivity index is 2.98. The highest BCUT2D eigenvalue weighted by Gasteiger charge is 2.11. The highest BCUT2D eigenvalue weighted by molar-refractivity contribution is 5.22. The molecule has 0 aliphatic heterocycles. The van der Waals surface area contributed by atoms with E-state index in [1.165, 1.54) is 6.33 Å². The molecular formula is C10H15N3O. The Morgan fingerprint density at radius 3 is 2.79 bits per heavy atom. The summed E-state index contributed by atoms with van der Waals surface area (Å²) < 4.78 is 5.02. The van der Waals surface area contributed by atoms with E-state index < -0.39 is 0 Å². The lowest BCUT2D eigenvalue weighted by Gasteiger charge is -2.15. The molecule has 1 rings (SSSR count). The van der Waals surface area contributed by atoms with Gasteiger partial charge in [-0.3, -0.25) is 0 Å². The number of nitrogens with zero attached hydrogens (tertiary/aromatic N) is 2. The number of rotatable bonds is 4. The van der Waals surface area contributed by atoms with Crippen LogP contribution in [-0.4, -0.2) is 24.1 Å². The first-order valence-corrected chi connectivity index (χ1v) is 4.37. The van der Waals surface area contributed by atoms with E-state index in [-0.39, 0.29) is 6.04 Å². The van der Waals surface area contributed by atoms with E-state index in [2.05, 4.69) is 21.9 Å². The van der Waals surface area contributed by atoms with Crippen LogP contribution >= 0.6 is 0 Å². The monoisotopic (exact) mass is 193 g/mol. The topological polar surface area (TPSA) is 47.0 Å². The van der Waals surface area contributed by atoms with Gasteiger partial charge in [0.15, 0.2) is 0 Å². The van der Waals surface area contributed by atoms with Gasteiger partial charge in [0.2, 0.25) is 5.88 Å². The third-order valence-corrected chi connectivity index (χ3v) is 1.95. The van der Waals surface area contributed by atoms with Crippen LogP contribution in [0.25, 0.3) is 0 Å². The second-order valence-electron chi connectivity index (χ2n) is 3.05. The maximum atomic E-state index is 5.02. The van der Waals surface area contributed by atoms with Crippen molar-refractivity contribution in [3.63, 3.8) is 0 Å². The maximum absolute atomic E-state index is 5.02. The van der Waals surface area contributed by atoms with Gasteiger partial charge in [0.05, 0.1) is 18.8 Å². The van der Waals surface area contributed by atoms with Crippen LogP contribution in [0.1, 0.15) is 18.7 Å². The Labute approximate surface area is 84.0 Å². The Hall–Kier alpha value is -1.42. The van der Waals surface area contributed by atoms with Crippen LogP contribution in [-0.2, 0) is 0 Å². The lowest BCUT2D eigenvalue weighted by atomic mass is 10.1. The summed E-state index contributed by atoms with van der Waals surface area (Å²) in [5.41, 5.74) is 1.88. The fourth-order valence-corrected chi connectivity index (χ4v) is 1.27. The van der Waals surface area contributed by atoms with Gasteiger partial charge >= 0.3 is 0 Å². The number of hydrogen-bond donors (Lipinski definition) is 1. The predicted molar refractivity (Wildman–Crippen MR) is 55.2 cm³/mol. The number of nitrogens with one attached hydrogen (secondary N) is 1. The minimum atomic E-state index is 0.0481. The molecule has 4 heteroatoms. The summed E-state index contributed by atoms with van der Waals surface area (Å²) in [5, 5.41) is 3.12. The predicted octanol–water partition coefficient (Wildman–Crippen LogP) is 1.32. The lowest BCUT2D eigenvalue weighted by molar-refractivity contribution is 0.395. The zero-order valence-electron chi connectivity index (χ0n) is 8.74. The SMILES string of the molecule is C=C(C)C(NC)c1cc(OC)ncn1. The van der Waals surface area contributed by atoms with Crippen molar-refractivity contribution < 1.29 is 4.74 Å². The zero-order chi connectivity index (χ0) is 10.6. The molecule has 0 aliphatic carbocycles. The molecule has 0 aliphatic rings. The van der Waals surface area contributed by atoms with E-state index in [9.17, 15) is 0 Å². The molecule has 0 fully saturated rings. The van der Waals surface area contributed by atoms with Crippen molar-refractivity contribution in [3.05, 3.63) is 30.2 Å². The second kappa shape index (κ2) is 4.72. The van der Waals surface area contributed by atoms with Crippen molar-refractivity contribution >= 4 is 0 Å². The van der Waals surface area contributed by atoms with Crippen molar-refractivity contribution in [2.75, 3.05) is 14.2 Å². The van der Waals surface area contributed by atoms with Crippen molar-refractivity contribution in [1.82, 2.24) is 15.3 Å². The first-order chi connectivity index (χ1) is 6.69. The van der Waals surface area contributed by atoms with Gasteiger partial charge in [-0.1, -0.05) is 12.2 Å². The van der Waals surface area contributed by atoms with Crippen LogP contribution in [0.3, 0.4) is 0 Å². The molecule has 1 aromatic heterocycles. The number of hydrogen-bond acceptors (Lipinski definition) is 4. The van der Waals surface area contributed by atoms with E-state index >= 15 is 0 Å². The molecule has 0 aromatic carbocycles. The van der Waals surface area contributed by atoms with Gasteiger partial charge in [0.25, 0.3) is 0 Å². The summed E-state index contributed by atoms with van der Waals surface area (Å²) in [5.74, 6) is 0.566. The Morgan fingerprint density at radius 1 is 1.57 bits per heavy atom. The first kappa shape index (κ1) is 10.7. The Bertz CT molecular complexity index is 325. The third kappa shape index (κ3) is 2.29. The molecule has 0 amide bonds. The van der Waals surface area contributed by atoms with E-state index in [1.807, 2.05) is 14.0 Å². The van der Waals surface area contributed by atoms with Crippen molar-refractivity contribution in [2.45, 2.75) is 13.0 Å². The average Bonchev–Trinajstić information content (AvgIpc) is 2.19. The van der Waals surface area contributed by atoms with E-state index in [1.54, 1.807) is 13.2 Å².